The predicted molar refractivity (Wildman–Crippen MR) is 101 cm³/mol. The number of pyridine rings is 1. The summed E-state index contributed by atoms with van der Waals surface area (Å²) in [6.07, 6.45) is 0. The molecule has 8 heteroatoms. The van der Waals surface area contributed by atoms with Crippen molar-refractivity contribution in [2.75, 3.05) is 66.5 Å². The topological polar surface area (TPSA) is 25.9 Å². The number of hydrogen-bond donors (Lipinski definition) is 0. The van der Waals surface area contributed by atoms with Gasteiger partial charge in [-0.25, -0.2) is 0 Å². The fourth-order valence-corrected chi connectivity index (χ4v) is 3.18. The quantitative estimate of drug-likeness (QED) is 0.724. The minimum atomic E-state index is 0.382. The van der Waals surface area contributed by atoms with Crippen molar-refractivity contribution < 1.29 is 12.9 Å². The molecule has 0 atom stereocenters. The number of rotatable bonds is 4. The zero-order chi connectivity index (χ0) is 18.1. The van der Waals surface area contributed by atoms with E-state index in [2.05, 4.69) is 51.9 Å². The molecule has 2 aliphatic heterocycles. The molecule has 0 N–H and O–H groups in total. The third-order valence-corrected chi connectivity index (χ3v) is 4.83. The maximum absolute atomic E-state index is 4.89. The van der Waals surface area contributed by atoms with Gasteiger partial charge in [0.1, 0.15) is 0 Å². The first-order chi connectivity index (χ1) is 12.1. The summed E-state index contributed by atoms with van der Waals surface area (Å²) in [6.45, 7) is 11.3. The van der Waals surface area contributed by atoms with Gasteiger partial charge in [0.05, 0.1) is 11.4 Å². The normalized spacial score (nSPS) is 21.1. The Kier molecular flexibility index (Phi) is 10.0. The van der Waals surface area contributed by atoms with Gasteiger partial charge in [-0.05, 0) is 26.2 Å². The summed E-state index contributed by atoms with van der Waals surface area (Å²) >= 11 is 0.382. The van der Waals surface area contributed by atoms with Gasteiger partial charge in [0, 0.05) is 65.4 Å². The molecule has 0 spiro atoms. The third-order valence-electron chi connectivity index (χ3n) is 4.83. The van der Waals surface area contributed by atoms with Crippen LogP contribution in [0, 0.1) is 0 Å². The molecular formula is C17H29Cl2CoN5. The number of halogens is 2. The van der Waals surface area contributed by atoms with Crippen LogP contribution in [0.3, 0.4) is 0 Å². The van der Waals surface area contributed by atoms with Crippen LogP contribution in [-0.2, 0) is 26.0 Å². The van der Waals surface area contributed by atoms with Crippen molar-refractivity contribution in [3.05, 3.63) is 29.6 Å². The number of hydrogen-bond acceptors (Lipinski definition) is 5. The maximum atomic E-state index is 4.89. The molecule has 0 unspecified atom stereocenters. The molecule has 0 amide bonds. The first-order valence-corrected chi connectivity index (χ1v) is 11.6. The third kappa shape index (κ3) is 8.09. The first kappa shape index (κ1) is 21.4. The molecule has 2 fully saturated rings. The van der Waals surface area contributed by atoms with Crippen molar-refractivity contribution in [1.29, 1.82) is 0 Å². The minimum absolute atomic E-state index is 0.382. The van der Waals surface area contributed by atoms with Gasteiger partial charge in [0.25, 0.3) is 0 Å². The van der Waals surface area contributed by atoms with Crippen LogP contribution in [0.5, 0.6) is 0 Å². The Bertz CT molecular complexity index is 452. The summed E-state index contributed by atoms with van der Waals surface area (Å²) in [5, 5.41) is 0. The van der Waals surface area contributed by atoms with Crippen LogP contribution in [0.25, 0.3) is 0 Å². The van der Waals surface area contributed by atoms with E-state index in [1.165, 1.54) is 37.6 Å². The van der Waals surface area contributed by atoms with Gasteiger partial charge >= 0.3 is 33.2 Å². The van der Waals surface area contributed by atoms with Gasteiger partial charge in [-0.3, -0.25) is 14.8 Å². The Morgan fingerprint density at radius 3 is 1.52 bits per heavy atom. The van der Waals surface area contributed by atoms with Gasteiger partial charge < -0.3 is 9.80 Å². The summed E-state index contributed by atoms with van der Waals surface area (Å²) in [7, 11) is 13.9. The zero-order valence-corrected chi connectivity index (χ0v) is 17.7. The Morgan fingerprint density at radius 2 is 1.16 bits per heavy atom. The van der Waals surface area contributed by atoms with E-state index in [1.54, 1.807) is 0 Å². The van der Waals surface area contributed by atoms with Crippen molar-refractivity contribution in [2.24, 2.45) is 0 Å². The average Bonchev–Trinajstić information content (AvgIpc) is 2.60. The molecule has 3 heterocycles. The van der Waals surface area contributed by atoms with Gasteiger partial charge in [-0.2, -0.15) is 0 Å². The zero-order valence-electron chi connectivity index (χ0n) is 15.1. The molecule has 145 valence electrons. The molecule has 2 aliphatic rings. The number of aromatic nitrogens is 1. The van der Waals surface area contributed by atoms with Crippen LogP contribution in [0.4, 0.5) is 0 Å². The van der Waals surface area contributed by atoms with E-state index in [-0.39, 0.29) is 0 Å². The fraction of sp³-hybridized carbons (Fsp3) is 0.706. The molecule has 2 saturated heterocycles. The van der Waals surface area contributed by atoms with Crippen molar-refractivity contribution >= 4 is 20.3 Å². The van der Waals surface area contributed by atoms with Crippen molar-refractivity contribution in [2.45, 2.75) is 13.1 Å². The van der Waals surface area contributed by atoms with E-state index in [1.807, 2.05) is 0 Å². The van der Waals surface area contributed by atoms with Crippen LogP contribution in [0.1, 0.15) is 11.4 Å². The molecule has 0 saturated carbocycles. The Morgan fingerprint density at radius 1 is 0.800 bits per heavy atom. The van der Waals surface area contributed by atoms with Gasteiger partial charge in [-0.1, -0.05) is 6.07 Å². The molecule has 5 nitrogen and oxygen atoms in total. The fourth-order valence-electron chi connectivity index (χ4n) is 3.18. The second-order valence-corrected chi connectivity index (χ2v) is 8.55. The summed E-state index contributed by atoms with van der Waals surface area (Å²) in [5.74, 6) is 0. The molecule has 0 radical (unpaired) electrons. The number of nitrogens with zero attached hydrogens (tertiary/aromatic N) is 5. The van der Waals surface area contributed by atoms with E-state index in [0.29, 0.717) is 12.9 Å². The molecule has 25 heavy (non-hydrogen) atoms. The molecule has 0 aromatic carbocycles. The summed E-state index contributed by atoms with van der Waals surface area (Å²) in [4.78, 5) is 14.7. The summed E-state index contributed by atoms with van der Waals surface area (Å²) in [5.41, 5.74) is 2.44. The standard InChI is InChI=1S/C17H29N5.2ClH.Co/c1-19-6-10-21(11-7-19)14-16-4-3-5-17(18-16)15-22-12-8-20(2)9-13-22;;;/h3-5H,6-15H2,1-2H3;2*1H;/q;;;+2/p-2. The molecular weight excluding hydrogens is 404 g/mol. The predicted octanol–water partition coefficient (Wildman–Crippen LogP) is 1.95. The van der Waals surface area contributed by atoms with Gasteiger partial charge in [-0.15, -0.1) is 0 Å². The van der Waals surface area contributed by atoms with Crippen molar-refractivity contribution in [3.63, 3.8) is 0 Å². The van der Waals surface area contributed by atoms with E-state index < -0.39 is 0 Å². The van der Waals surface area contributed by atoms with Crippen LogP contribution in [0.15, 0.2) is 18.2 Å². The number of likely N-dealkylation sites (N-methyl/N-ethyl adjacent to an activating group) is 2. The van der Waals surface area contributed by atoms with Crippen LogP contribution >= 0.6 is 20.3 Å². The van der Waals surface area contributed by atoms with E-state index >= 15 is 0 Å². The van der Waals surface area contributed by atoms with Crippen LogP contribution < -0.4 is 0 Å². The van der Waals surface area contributed by atoms with Crippen molar-refractivity contribution in [3.8, 4) is 0 Å². The van der Waals surface area contributed by atoms with Crippen LogP contribution in [-0.4, -0.2) is 91.0 Å². The van der Waals surface area contributed by atoms with Gasteiger partial charge in [0.15, 0.2) is 0 Å². The summed E-state index contributed by atoms with van der Waals surface area (Å²) in [6, 6.07) is 6.52. The first-order valence-electron chi connectivity index (χ1n) is 8.71. The van der Waals surface area contributed by atoms with E-state index in [9.17, 15) is 0 Å². The van der Waals surface area contributed by atoms with Gasteiger partial charge in [0.2, 0.25) is 0 Å². The second-order valence-electron chi connectivity index (χ2n) is 6.83. The molecule has 0 aliphatic carbocycles. The Balaban J connectivity index is 0.000000701. The Hall–Kier alpha value is 0.0765. The average molecular weight is 433 g/mol. The second kappa shape index (κ2) is 11.7. The Labute approximate surface area is 166 Å². The summed E-state index contributed by atoms with van der Waals surface area (Å²) < 4.78 is 0. The molecule has 1 aromatic heterocycles. The van der Waals surface area contributed by atoms with Crippen molar-refractivity contribution in [1.82, 2.24) is 24.6 Å². The van der Waals surface area contributed by atoms with Crippen LogP contribution in [0.2, 0.25) is 0 Å². The van der Waals surface area contributed by atoms with E-state index in [4.69, 9.17) is 25.3 Å². The SMILES string of the molecule is CN1CCN(Cc2cccc(CN3CCN(C)CC3)n2)CC1.[Cl][Co][Cl]. The molecule has 3 rings (SSSR count). The molecule has 1 aromatic rings. The molecule has 0 bridgehead atoms. The van der Waals surface area contributed by atoms with E-state index in [0.717, 1.165) is 39.3 Å². The number of piperazine rings is 2. The monoisotopic (exact) mass is 432 g/mol.